The molecule has 2 rings (SSSR count). The molecule has 1 aliphatic heterocycles. The lowest BCUT2D eigenvalue weighted by atomic mass is 9.99. The van der Waals surface area contributed by atoms with E-state index < -0.39 is 12.0 Å². The number of nitrogens with zero attached hydrogens (tertiary/aromatic N) is 1. The first-order chi connectivity index (χ1) is 7.59. The van der Waals surface area contributed by atoms with Crippen LogP contribution in [0.2, 0.25) is 0 Å². The van der Waals surface area contributed by atoms with Crippen molar-refractivity contribution >= 4 is 21.9 Å². The van der Waals surface area contributed by atoms with Crippen LogP contribution in [0.15, 0.2) is 22.7 Å². The van der Waals surface area contributed by atoms with E-state index >= 15 is 0 Å². The zero-order chi connectivity index (χ0) is 11.7. The topological polar surface area (TPSA) is 40.5 Å². The number of carboxylic acids is 1. The summed E-state index contributed by atoms with van der Waals surface area (Å²) in [5, 5.41) is 8.99. The average molecular weight is 284 g/mol. The van der Waals surface area contributed by atoms with Gasteiger partial charge in [0, 0.05) is 17.6 Å². The summed E-state index contributed by atoms with van der Waals surface area (Å²) in [5.74, 6) is -0.751. The maximum absolute atomic E-state index is 10.9. The molecule has 3 nitrogen and oxygen atoms in total. The number of halogens is 1. The predicted molar refractivity (Wildman–Crippen MR) is 65.4 cm³/mol. The molecule has 1 aromatic rings. The van der Waals surface area contributed by atoms with Gasteiger partial charge in [0.25, 0.3) is 0 Å². The number of aliphatic carboxylic acids is 1. The third kappa shape index (κ3) is 2.13. The standard InChI is InChI=1S/C12H14BrNO2/c1-8(12(15)16)14-6-5-10-9(7-14)3-2-4-11(10)13/h2-4,8H,5-7H2,1H3,(H,15,16). The van der Waals surface area contributed by atoms with Crippen LogP contribution < -0.4 is 0 Å². The van der Waals surface area contributed by atoms with Gasteiger partial charge in [-0.15, -0.1) is 0 Å². The summed E-state index contributed by atoms with van der Waals surface area (Å²) in [6.45, 7) is 3.27. The number of fused-ring (bicyclic) bond motifs is 1. The summed E-state index contributed by atoms with van der Waals surface area (Å²) in [5.41, 5.74) is 2.55. The van der Waals surface area contributed by atoms with Crippen molar-refractivity contribution in [3.63, 3.8) is 0 Å². The van der Waals surface area contributed by atoms with Crippen LogP contribution in [0.25, 0.3) is 0 Å². The van der Waals surface area contributed by atoms with Crippen LogP contribution in [0.4, 0.5) is 0 Å². The lowest BCUT2D eigenvalue weighted by Gasteiger charge is -2.31. The fraction of sp³-hybridized carbons (Fsp3) is 0.417. The highest BCUT2D eigenvalue weighted by atomic mass is 79.9. The molecule has 0 bridgehead atoms. The molecule has 1 aromatic carbocycles. The monoisotopic (exact) mass is 283 g/mol. The zero-order valence-corrected chi connectivity index (χ0v) is 10.7. The van der Waals surface area contributed by atoms with Gasteiger partial charge < -0.3 is 5.11 Å². The highest BCUT2D eigenvalue weighted by Crippen LogP contribution is 2.27. The van der Waals surface area contributed by atoms with Crippen LogP contribution in [0.3, 0.4) is 0 Å². The lowest BCUT2D eigenvalue weighted by molar-refractivity contribution is -0.143. The third-order valence-corrected chi connectivity index (χ3v) is 3.89. The Labute approximate surface area is 103 Å². The van der Waals surface area contributed by atoms with Crippen molar-refractivity contribution in [1.29, 1.82) is 0 Å². The first-order valence-corrected chi connectivity index (χ1v) is 6.12. The van der Waals surface area contributed by atoms with Gasteiger partial charge in [-0.1, -0.05) is 28.1 Å². The van der Waals surface area contributed by atoms with Crippen LogP contribution in [-0.4, -0.2) is 28.6 Å². The van der Waals surface area contributed by atoms with Gasteiger partial charge in [0.15, 0.2) is 0 Å². The maximum atomic E-state index is 10.9. The van der Waals surface area contributed by atoms with Gasteiger partial charge in [-0.05, 0) is 30.5 Å². The molecule has 1 N–H and O–H groups in total. The van der Waals surface area contributed by atoms with E-state index in [0.29, 0.717) is 0 Å². The second kappa shape index (κ2) is 4.55. The van der Waals surface area contributed by atoms with Crippen LogP contribution >= 0.6 is 15.9 Å². The zero-order valence-electron chi connectivity index (χ0n) is 9.11. The average Bonchev–Trinajstić information content (AvgIpc) is 2.28. The quantitative estimate of drug-likeness (QED) is 0.905. The fourth-order valence-corrected chi connectivity index (χ4v) is 2.68. The van der Waals surface area contributed by atoms with Gasteiger partial charge >= 0.3 is 5.97 Å². The van der Waals surface area contributed by atoms with Crippen molar-refractivity contribution in [2.75, 3.05) is 6.54 Å². The Hall–Kier alpha value is -0.870. The molecule has 1 aliphatic rings. The van der Waals surface area contributed by atoms with E-state index in [1.165, 1.54) is 11.1 Å². The van der Waals surface area contributed by atoms with Crippen molar-refractivity contribution in [2.24, 2.45) is 0 Å². The molecule has 1 heterocycles. The van der Waals surface area contributed by atoms with Crippen molar-refractivity contribution in [3.05, 3.63) is 33.8 Å². The number of hydrogen-bond acceptors (Lipinski definition) is 2. The molecule has 16 heavy (non-hydrogen) atoms. The Morgan fingerprint density at radius 2 is 2.31 bits per heavy atom. The fourth-order valence-electron chi connectivity index (χ4n) is 2.07. The summed E-state index contributed by atoms with van der Waals surface area (Å²) in [6, 6.07) is 5.69. The Morgan fingerprint density at radius 3 is 3.00 bits per heavy atom. The molecule has 0 spiro atoms. The normalized spacial score (nSPS) is 17.9. The van der Waals surface area contributed by atoms with Crippen LogP contribution in [-0.2, 0) is 17.8 Å². The minimum Gasteiger partial charge on any atom is -0.480 e. The van der Waals surface area contributed by atoms with Gasteiger partial charge in [-0.2, -0.15) is 0 Å². The lowest BCUT2D eigenvalue weighted by Crippen LogP contribution is -2.42. The van der Waals surface area contributed by atoms with Gasteiger partial charge in [-0.25, -0.2) is 0 Å². The Morgan fingerprint density at radius 1 is 1.56 bits per heavy atom. The van der Waals surface area contributed by atoms with Crippen molar-refractivity contribution in [2.45, 2.75) is 25.9 Å². The van der Waals surface area contributed by atoms with E-state index in [2.05, 4.69) is 22.0 Å². The number of hydrogen-bond donors (Lipinski definition) is 1. The number of carboxylic acid groups (broad SMARTS) is 1. The Kier molecular flexibility index (Phi) is 3.30. The SMILES string of the molecule is CC(C(=O)O)N1CCc2c(Br)cccc2C1. The number of carbonyl (C=O) groups is 1. The molecule has 0 aromatic heterocycles. The van der Waals surface area contributed by atoms with E-state index in [9.17, 15) is 4.79 Å². The minimum atomic E-state index is -0.751. The van der Waals surface area contributed by atoms with Crippen molar-refractivity contribution < 1.29 is 9.90 Å². The molecule has 1 unspecified atom stereocenters. The van der Waals surface area contributed by atoms with Crippen LogP contribution in [0.1, 0.15) is 18.1 Å². The van der Waals surface area contributed by atoms with E-state index in [1.54, 1.807) is 6.92 Å². The molecule has 0 amide bonds. The predicted octanol–water partition coefficient (Wildman–Crippen LogP) is 2.28. The first-order valence-electron chi connectivity index (χ1n) is 5.32. The van der Waals surface area contributed by atoms with Gasteiger partial charge in [-0.3, -0.25) is 9.69 Å². The van der Waals surface area contributed by atoms with Gasteiger partial charge in [0.05, 0.1) is 0 Å². The number of benzene rings is 1. The second-order valence-electron chi connectivity index (χ2n) is 4.11. The van der Waals surface area contributed by atoms with E-state index in [0.717, 1.165) is 24.0 Å². The third-order valence-electron chi connectivity index (χ3n) is 3.14. The molecule has 0 fully saturated rings. The summed E-state index contributed by atoms with van der Waals surface area (Å²) < 4.78 is 1.13. The summed E-state index contributed by atoms with van der Waals surface area (Å²) in [7, 11) is 0. The Balaban J connectivity index is 2.21. The second-order valence-corrected chi connectivity index (χ2v) is 4.97. The number of rotatable bonds is 2. The molecule has 0 aliphatic carbocycles. The molecular formula is C12H14BrNO2. The highest BCUT2D eigenvalue weighted by Gasteiger charge is 2.25. The maximum Gasteiger partial charge on any atom is 0.320 e. The van der Waals surface area contributed by atoms with Crippen LogP contribution in [0, 0.1) is 0 Å². The molecule has 1 atom stereocenters. The molecule has 0 radical (unpaired) electrons. The minimum absolute atomic E-state index is 0.410. The van der Waals surface area contributed by atoms with Crippen molar-refractivity contribution in [3.8, 4) is 0 Å². The summed E-state index contributed by atoms with van der Waals surface area (Å²) >= 11 is 3.53. The first kappa shape index (κ1) is 11.6. The molecule has 4 heteroatoms. The summed E-state index contributed by atoms with van der Waals surface area (Å²) in [6.07, 6.45) is 0.911. The van der Waals surface area contributed by atoms with E-state index in [4.69, 9.17) is 5.11 Å². The molecule has 86 valence electrons. The smallest absolute Gasteiger partial charge is 0.320 e. The van der Waals surface area contributed by atoms with E-state index in [1.807, 2.05) is 17.0 Å². The molecule has 0 saturated carbocycles. The summed E-state index contributed by atoms with van der Waals surface area (Å²) in [4.78, 5) is 12.9. The van der Waals surface area contributed by atoms with E-state index in [-0.39, 0.29) is 0 Å². The van der Waals surface area contributed by atoms with Gasteiger partial charge in [0.2, 0.25) is 0 Å². The Bertz CT molecular complexity index is 419. The van der Waals surface area contributed by atoms with Crippen LogP contribution in [0.5, 0.6) is 0 Å². The molecular weight excluding hydrogens is 270 g/mol. The largest absolute Gasteiger partial charge is 0.480 e. The highest BCUT2D eigenvalue weighted by molar-refractivity contribution is 9.10. The van der Waals surface area contributed by atoms with Gasteiger partial charge in [0.1, 0.15) is 6.04 Å². The van der Waals surface area contributed by atoms with Crippen molar-refractivity contribution in [1.82, 2.24) is 4.90 Å². The molecule has 0 saturated heterocycles.